The van der Waals surface area contributed by atoms with E-state index in [2.05, 4.69) is 4.57 Å². The second-order valence-electron chi connectivity index (χ2n) is 6.88. The monoisotopic (exact) mass is 371 g/mol. The summed E-state index contributed by atoms with van der Waals surface area (Å²) in [5, 5.41) is 9.04. The van der Waals surface area contributed by atoms with Crippen molar-refractivity contribution in [2.24, 2.45) is 0 Å². The van der Waals surface area contributed by atoms with E-state index in [0.29, 0.717) is 16.7 Å². The number of carbonyl (C=O) groups is 2. The lowest BCUT2D eigenvalue weighted by atomic mass is 10.1. The van der Waals surface area contributed by atoms with Gasteiger partial charge in [-0.1, -0.05) is 12.1 Å². The van der Waals surface area contributed by atoms with Gasteiger partial charge in [0, 0.05) is 30.1 Å². The lowest BCUT2D eigenvalue weighted by Crippen LogP contribution is -2.18. The fourth-order valence-electron chi connectivity index (χ4n) is 3.39. The van der Waals surface area contributed by atoms with Crippen molar-refractivity contribution in [3.8, 4) is 0 Å². The predicted molar refractivity (Wildman–Crippen MR) is 99.9 cm³/mol. The summed E-state index contributed by atoms with van der Waals surface area (Å²) in [7, 11) is 0. The fraction of sp³-hybridized carbons (Fsp3) is 0.429. The number of aliphatic hydroxyl groups is 1. The van der Waals surface area contributed by atoms with Gasteiger partial charge in [0.2, 0.25) is 5.78 Å². The van der Waals surface area contributed by atoms with Crippen molar-refractivity contribution in [1.82, 2.24) is 4.57 Å². The standard InChI is InChI=1S/C21H25NO5/c1-14-10-19(15(2)22(14)11-18-4-3-9-26-18)20(24)13-27-21(25)17-7-5-16(12-23)6-8-17/h5-8,10,18,23H,3-4,9,11-13H2,1-2H3. The van der Waals surface area contributed by atoms with Gasteiger partial charge in [0.05, 0.1) is 18.3 Å². The highest BCUT2D eigenvalue weighted by Crippen LogP contribution is 2.21. The molecule has 0 aliphatic carbocycles. The number of hydrogen-bond acceptors (Lipinski definition) is 5. The second kappa shape index (κ2) is 8.50. The molecule has 144 valence electrons. The summed E-state index contributed by atoms with van der Waals surface area (Å²) in [4.78, 5) is 24.7. The minimum Gasteiger partial charge on any atom is -0.454 e. The molecule has 0 amide bonds. The number of nitrogens with zero attached hydrogens (tertiary/aromatic N) is 1. The van der Waals surface area contributed by atoms with Gasteiger partial charge in [0.1, 0.15) is 0 Å². The molecule has 1 saturated heterocycles. The molecular formula is C21H25NO5. The Morgan fingerprint density at radius 3 is 2.63 bits per heavy atom. The Morgan fingerprint density at radius 1 is 1.26 bits per heavy atom. The highest BCUT2D eigenvalue weighted by molar-refractivity contribution is 6.00. The van der Waals surface area contributed by atoms with E-state index in [4.69, 9.17) is 14.6 Å². The molecule has 1 fully saturated rings. The van der Waals surface area contributed by atoms with Crippen molar-refractivity contribution in [1.29, 1.82) is 0 Å². The van der Waals surface area contributed by atoms with E-state index in [0.717, 1.165) is 37.4 Å². The van der Waals surface area contributed by atoms with Crippen molar-refractivity contribution in [2.45, 2.75) is 45.9 Å². The number of esters is 1. The first-order chi connectivity index (χ1) is 13.0. The highest BCUT2D eigenvalue weighted by atomic mass is 16.5. The Morgan fingerprint density at radius 2 is 2.00 bits per heavy atom. The third kappa shape index (κ3) is 4.46. The van der Waals surface area contributed by atoms with Crippen LogP contribution in [0.25, 0.3) is 0 Å². The van der Waals surface area contributed by atoms with Gasteiger partial charge in [-0.3, -0.25) is 4.79 Å². The van der Waals surface area contributed by atoms with Crippen molar-refractivity contribution >= 4 is 11.8 Å². The van der Waals surface area contributed by atoms with Crippen LogP contribution in [0.3, 0.4) is 0 Å². The van der Waals surface area contributed by atoms with Crippen molar-refractivity contribution < 1.29 is 24.2 Å². The summed E-state index contributed by atoms with van der Waals surface area (Å²) >= 11 is 0. The molecule has 1 N–H and O–H groups in total. The van der Waals surface area contributed by atoms with Crippen LogP contribution in [0.4, 0.5) is 0 Å². The number of benzene rings is 1. The van der Waals surface area contributed by atoms with Crippen LogP contribution in [-0.4, -0.2) is 40.7 Å². The van der Waals surface area contributed by atoms with Crippen LogP contribution < -0.4 is 0 Å². The topological polar surface area (TPSA) is 77.8 Å². The summed E-state index contributed by atoms with van der Waals surface area (Å²) in [6.45, 7) is 5.02. The zero-order chi connectivity index (χ0) is 19.4. The second-order valence-corrected chi connectivity index (χ2v) is 6.88. The molecule has 2 aromatic rings. The quantitative estimate of drug-likeness (QED) is 0.598. The van der Waals surface area contributed by atoms with E-state index in [9.17, 15) is 9.59 Å². The third-order valence-corrected chi connectivity index (χ3v) is 4.99. The molecular weight excluding hydrogens is 346 g/mol. The number of aromatic nitrogens is 1. The lowest BCUT2D eigenvalue weighted by molar-refractivity contribution is 0.0474. The maximum atomic E-state index is 12.5. The van der Waals surface area contributed by atoms with Crippen molar-refractivity contribution in [3.05, 3.63) is 58.4 Å². The first kappa shape index (κ1) is 19.3. The first-order valence-corrected chi connectivity index (χ1v) is 9.18. The number of Topliss-reactive ketones (excluding diaryl/α,β-unsaturated/α-hetero) is 1. The number of aryl methyl sites for hydroxylation is 1. The van der Waals surface area contributed by atoms with E-state index in [-0.39, 0.29) is 25.1 Å². The van der Waals surface area contributed by atoms with Crippen LogP contribution in [0.15, 0.2) is 30.3 Å². The Kier molecular flexibility index (Phi) is 6.08. The molecule has 2 heterocycles. The smallest absolute Gasteiger partial charge is 0.338 e. The average Bonchev–Trinajstić information content (AvgIpc) is 3.29. The molecule has 3 rings (SSSR count). The Bertz CT molecular complexity index is 816. The van der Waals surface area contributed by atoms with Gasteiger partial charge in [0.15, 0.2) is 6.61 Å². The summed E-state index contributed by atoms with van der Waals surface area (Å²) in [5.74, 6) is -0.775. The third-order valence-electron chi connectivity index (χ3n) is 4.99. The Labute approximate surface area is 158 Å². The maximum absolute atomic E-state index is 12.5. The molecule has 0 saturated carbocycles. The average molecular weight is 371 g/mol. The summed E-state index contributed by atoms with van der Waals surface area (Å²) in [6, 6.07) is 8.29. The van der Waals surface area contributed by atoms with Crippen LogP contribution in [-0.2, 0) is 22.6 Å². The van der Waals surface area contributed by atoms with E-state index < -0.39 is 5.97 Å². The van der Waals surface area contributed by atoms with Crippen LogP contribution >= 0.6 is 0 Å². The maximum Gasteiger partial charge on any atom is 0.338 e. The molecule has 0 radical (unpaired) electrons. The number of ether oxygens (including phenoxy) is 2. The van der Waals surface area contributed by atoms with Gasteiger partial charge in [0.25, 0.3) is 0 Å². The van der Waals surface area contributed by atoms with Crippen LogP contribution in [0, 0.1) is 13.8 Å². The van der Waals surface area contributed by atoms with Crippen LogP contribution in [0.1, 0.15) is 50.5 Å². The van der Waals surface area contributed by atoms with E-state index in [1.807, 2.05) is 19.9 Å². The van der Waals surface area contributed by atoms with Gasteiger partial charge in [-0.05, 0) is 50.5 Å². The summed E-state index contributed by atoms with van der Waals surface area (Å²) in [5.41, 5.74) is 3.51. The number of rotatable bonds is 7. The van der Waals surface area contributed by atoms with Gasteiger partial charge in [-0.25, -0.2) is 4.79 Å². The van der Waals surface area contributed by atoms with Crippen LogP contribution in [0.5, 0.6) is 0 Å². The predicted octanol–water partition coefficient (Wildman–Crippen LogP) is 2.82. The summed E-state index contributed by atoms with van der Waals surface area (Å²) in [6.07, 6.45) is 2.30. The van der Waals surface area contributed by atoms with E-state index >= 15 is 0 Å². The number of ketones is 1. The molecule has 27 heavy (non-hydrogen) atoms. The zero-order valence-corrected chi connectivity index (χ0v) is 15.7. The Balaban J connectivity index is 1.62. The number of carbonyl (C=O) groups excluding carboxylic acids is 2. The first-order valence-electron chi connectivity index (χ1n) is 9.18. The zero-order valence-electron chi connectivity index (χ0n) is 15.7. The molecule has 0 spiro atoms. The highest BCUT2D eigenvalue weighted by Gasteiger charge is 2.21. The van der Waals surface area contributed by atoms with Crippen molar-refractivity contribution in [2.75, 3.05) is 13.2 Å². The number of hydrogen-bond donors (Lipinski definition) is 1. The molecule has 1 aliphatic heterocycles. The summed E-state index contributed by atoms with van der Waals surface area (Å²) < 4.78 is 13.0. The van der Waals surface area contributed by atoms with Gasteiger partial charge in [-0.15, -0.1) is 0 Å². The minimum absolute atomic E-state index is 0.0880. The molecule has 6 heteroatoms. The van der Waals surface area contributed by atoms with Crippen molar-refractivity contribution in [3.63, 3.8) is 0 Å². The SMILES string of the molecule is Cc1cc(C(=O)COC(=O)c2ccc(CO)cc2)c(C)n1CC1CCCO1. The molecule has 1 aliphatic rings. The molecule has 1 unspecified atom stereocenters. The van der Waals surface area contributed by atoms with Gasteiger partial charge in [-0.2, -0.15) is 0 Å². The van der Waals surface area contributed by atoms with Crippen LogP contribution in [0.2, 0.25) is 0 Å². The molecule has 0 bridgehead atoms. The van der Waals surface area contributed by atoms with Gasteiger partial charge >= 0.3 is 5.97 Å². The largest absolute Gasteiger partial charge is 0.454 e. The molecule has 1 aromatic carbocycles. The molecule has 6 nitrogen and oxygen atoms in total. The number of aliphatic hydroxyl groups excluding tert-OH is 1. The van der Waals surface area contributed by atoms with E-state index in [1.165, 1.54) is 0 Å². The normalized spacial score (nSPS) is 16.5. The van der Waals surface area contributed by atoms with Gasteiger partial charge < -0.3 is 19.1 Å². The Hall–Kier alpha value is -2.44. The minimum atomic E-state index is -0.555. The lowest BCUT2D eigenvalue weighted by Gasteiger charge is -2.14. The fourth-order valence-corrected chi connectivity index (χ4v) is 3.39. The molecule has 1 aromatic heterocycles. The van der Waals surface area contributed by atoms with E-state index in [1.54, 1.807) is 24.3 Å². The molecule has 1 atom stereocenters.